The van der Waals surface area contributed by atoms with Gasteiger partial charge in [0, 0.05) is 36.0 Å². The summed E-state index contributed by atoms with van der Waals surface area (Å²) in [6.45, 7) is 2.80. The van der Waals surface area contributed by atoms with Gasteiger partial charge in [0.2, 0.25) is 0 Å². The van der Waals surface area contributed by atoms with E-state index in [0.717, 1.165) is 29.3 Å². The molecule has 0 unspecified atom stereocenters. The minimum atomic E-state index is -4.45. The number of carbonyl (C=O) groups is 1. The van der Waals surface area contributed by atoms with Crippen molar-refractivity contribution < 1.29 is 22.7 Å². The summed E-state index contributed by atoms with van der Waals surface area (Å²) >= 11 is 6.84. The van der Waals surface area contributed by atoms with Crippen LogP contribution in [-0.4, -0.2) is 34.0 Å². The highest BCUT2D eigenvalue weighted by molar-refractivity contribution is 7.80. The third-order valence-electron chi connectivity index (χ3n) is 5.66. The summed E-state index contributed by atoms with van der Waals surface area (Å²) in [6, 6.07) is 12.9. The van der Waals surface area contributed by atoms with E-state index in [1.165, 1.54) is 16.0 Å². The van der Waals surface area contributed by atoms with Crippen molar-refractivity contribution in [2.75, 3.05) is 18.5 Å². The first kappa shape index (κ1) is 26.2. The van der Waals surface area contributed by atoms with Crippen molar-refractivity contribution in [3.63, 3.8) is 0 Å². The number of thiophene rings is 1. The number of benzene rings is 1. The molecule has 11 heteroatoms. The first-order valence-corrected chi connectivity index (χ1v) is 13.0. The van der Waals surface area contributed by atoms with Gasteiger partial charge in [-0.05, 0) is 56.1 Å². The summed E-state index contributed by atoms with van der Waals surface area (Å²) in [5.41, 5.74) is 1.35. The standard InChI is InChI=1S/C25H27F3N4O2S2/c1-2-34-23(33)19-14-18(13-16-7-4-3-5-8-16)36-22(19)30-24(35)29-11-6-12-32-20(17-9-10-17)15-21(31-32)25(26,27)28/h3-5,7-8,14-15,17H,2,6,9-13H2,1H3,(H2,29,30,35). The van der Waals surface area contributed by atoms with Crippen LogP contribution in [0.5, 0.6) is 0 Å². The zero-order chi connectivity index (χ0) is 25.7. The molecule has 192 valence electrons. The number of aromatic nitrogens is 2. The van der Waals surface area contributed by atoms with Gasteiger partial charge in [-0.25, -0.2) is 4.79 Å². The number of carbonyl (C=O) groups excluding carboxylic acids is 1. The highest BCUT2D eigenvalue weighted by atomic mass is 32.1. The third-order valence-corrected chi connectivity index (χ3v) is 6.95. The molecule has 0 saturated heterocycles. The van der Waals surface area contributed by atoms with Crippen molar-refractivity contribution in [3.8, 4) is 0 Å². The summed E-state index contributed by atoms with van der Waals surface area (Å²) in [7, 11) is 0. The zero-order valence-electron chi connectivity index (χ0n) is 19.7. The Morgan fingerprint density at radius 1 is 1.25 bits per heavy atom. The molecule has 0 aliphatic heterocycles. The van der Waals surface area contributed by atoms with Gasteiger partial charge in [0.15, 0.2) is 10.8 Å². The van der Waals surface area contributed by atoms with Crippen LogP contribution in [0.4, 0.5) is 18.2 Å². The Morgan fingerprint density at radius 3 is 2.67 bits per heavy atom. The normalized spacial score (nSPS) is 13.4. The second-order valence-electron chi connectivity index (χ2n) is 8.52. The first-order chi connectivity index (χ1) is 17.2. The topological polar surface area (TPSA) is 68.2 Å². The molecule has 0 amide bonds. The second kappa shape index (κ2) is 11.4. The minimum Gasteiger partial charge on any atom is -0.462 e. The lowest BCUT2D eigenvalue weighted by atomic mass is 10.1. The van der Waals surface area contributed by atoms with Crippen LogP contribution < -0.4 is 10.6 Å². The summed E-state index contributed by atoms with van der Waals surface area (Å²) in [6.07, 6.45) is -1.45. The predicted molar refractivity (Wildman–Crippen MR) is 138 cm³/mol. The molecule has 1 aliphatic rings. The lowest BCUT2D eigenvalue weighted by Crippen LogP contribution is -2.30. The maximum atomic E-state index is 13.1. The van der Waals surface area contributed by atoms with Crippen LogP contribution in [0, 0.1) is 0 Å². The third kappa shape index (κ3) is 6.85. The summed E-state index contributed by atoms with van der Waals surface area (Å²) < 4.78 is 45.9. The number of halogens is 3. The van der Waals surface area contributed by atoms with E-state index in [0.29, 0.717) is 47.3 Å². The number of hydrogen-bond donors (Lipinski definition) is 2. The lowest BCUT2D eigenvalue weighted by molar-refractivity contribution is -0.141. The van der Waals surface area contributed by atoms with E-state index in [-0.39, 0.29) is 12.5 Å². The SMILES string of the molecule is CCOC(=O)c1cc(Cc2ccccc2)sc1NC(=S)NCCCn1nc(C(F)(F)F)cc1C1CC1. The number of thiocarbonyl (C=S) groups is 1. The molecule has 1 saturated carbocycles. The Bertz CT molecular complexity index is 1200. The van der Waals surface area contributed by atoms with Gasteiger partial charge in [0.05, 0.1) is 12.2 Å². The average Bonchev–Trinajstić information content (AvgIpc) is 3.46. The predicted octanol–water partition coefficient (Wildman–Crippen LogP) is 5.99. The molecular formula is C25H27F3N4O2S2. The Balaban J connectivity index is 1.34. The molecule has 3 aromatic rings. The summed E-state index contributed by atoms with van der Waals surface area (Å²) in [5, 5.41) is 10.9. The first-order valence-electron chi connectivity index (χ1n) is 11.8. The fraction of sp³-hybridized carbons (Fsp3) is 0.400. The van der Waals surface area contributed by atoms with E-state index in [2.05, 4.69) is 15.7 Å². The number of rotatable bonds is 10. The van der Waals surface area contributed by atoms with Gasteiger partial charge in [0.1, 0.15) is 5.00 Å². The van der Waals surface area contributed by atoms with E-state index < -0.39 is 17.8 Å². The van der Waals surface area contributed by atoms with Gasteiger partial charge in [-0.3, -0.25) is 4.68 Å². The molecule has 0 bridgehead atoms. The van der Waals surface area contributed by atoms with Gasteiger partial charge >= 0.3 is 12.1 Å². The average molecular weight is 537 g/mol. The van der Waals surface area contributed by atoms with E-state index in [9.17, 15) is 18.0 Å². The molecule has 4 rings (SSSR count). The monoisotopic (exact) mass is 536 g/mol. The number of nitrogens with zero attached hydrogens (tertiary/aromatic N) is 2. The smallest absolute Gasteiger partial charge is 0.435 e. The quantitative estimate of drug-likeness (QED) is 0.189. The molecule has 1 aromatic carbocycles. The number of aryl methyl sites for hydroxylation is 1. The van der Waals surface area contributed by atoms with E-state index >= 15 is 0 Å². The van der Waals surface area contributed by atoms with Gasteiger partial charge < -0.3 is 15.4 Å². The lowest BCUT2D eigenvalue weighted by Gasteiger charge is -2.11. The van der Waals surface area contributed by atoms with Crippen molar-refractivity contribution >= 4 is 39.6 Å². The number of alkyl halides is 3. The zero-order valence-corrected chi connectivity index (χ0v) is 21.4. The van der Waals surface area contributed by atoms with Crippen molar-refractivity contribution in [3.05, 3.63) is 69.9 Å². The van der Waals surface area contributed by atoms with Crippen molar-refractivity contribution in [1.29, 1.82) is 0 Å². The fourth-order valence-electron chi connectivity index (χ4n) is 3.81. The highest BCUT2D eigenvalue weighted by Gasteiger charge is 2.37. The molecule has 2 N–H and O–H groups in total. The molecule has 1 fully saturated rings. The van der Waals surface area contributed by atoms with Gasteiger partial charge in [0.25, 0.3) is 0 Å². The molecule has 1 aliphatic carbocycles. The van der Waals surface area contributed by atoms with Crippen LogP contribution in [0.1, 0.15) is 64.3 Å². The molecule has 36 heavy (non-hydrogen) atoms. The second-order valence-corrected chi connectivity index (χ2v) is 10.1. The van der Waals surface area contributed by atoms with Crippen molar-refractivity contribution in [2.24, 2.45) is 0 Å². The largest absolute Gasteiger partial charge is 0.462 e. The molecule has 0 atom stereocenters. The van der Waals surface area contributed by atoms with E-state index in [1.807, 2.05) is 36.4 Å². The van der Waals surface area contributed by atoms with Crippen LogP contribution >= 0.6 is 23.6 Å². The Morgan fingerprint density at radius 2 is 2.00 bits per heavy atom. The minimum absolute atomic E-state index is 0.162. The number of hydrogen-bond acceptors (Lipinski definition) is 5. The van der Waals surface area contributed by atoms with Crippen molar-refractivity contribution in [1.82, 2.24) is 15.1 Å². The number of ether oxygens (including phenoxy) is 1. The van der Waals surface area contributed by atoms with Crippen LogP contribution in [0.3, 0.4) is 0 Å². The van der Waals surface area contributed by atoms with Gasteiger partial charge in [-0.2, -0.15) is 18.3 Å². The van der Waals surface area contributed by atoms with E-state index in [1.54, 1.807) is 6.92 Å². The molecule has 2 aromatic heterocycles. The number of esters is 1. The van der Waals surface area contributed by atoms with Gasteiger partial charge in [-0.15, -0.1) is 11.3 Å². The van der Waals surface area contributed by atoms with Crippen molar-refractivity contribution in [2.45, 2.75) is 51.2 Å². The van der Waals surface area contributed by atoms with Crippen LogP contribution in [0.25, 0.3) is 0 Å². The van der Waals surface area contributed by atoms with Crippen LogP contribution in [0.15, 0.2) is 42.5 Å². The maximum Gasteiger partial charge on any atom is 0.435 e. The van der Waals surface area contributed by atoms with Crippen LogP contribution in [-0.2, 0) is 23.9 Å². The van der Waals surface area contributed by atoms with E-state index in [4.69, 9.17) is 17.0 Å². The fourth-order valence-corrected chi connectivity index (χ4v) is 5.17. The Labute approximate surface area is 216 Å². The molecular weight excluding hydrogens is 509 g/mol. The Hall–Kier alpha value is -2.92. The number of nitrogens with one attached hydrogen (secondary N) is 2. The molecule has 2 heterocycles. The molecule has 0 radical (unpaired) electrons. The Kier molecular flexibility index (Phi) is 8.30. The summed E-state index contributed by atoms with van der Waals surface area (Å²) in [5.74, 6) is -0.264. The molecule has 6 nitrogen and oxygen atoms in total. The number of anilines is 1. The molecule has 0 spiro atoms. The summed E-state index contributed by atoms with van der Waals surface area (Å²) in [4.78, 5) is 13.5. The van der Waals surface area contributed by atoms with Gasteiger partial charge in [-0.1, -0.05) is 30.3 Å². The van der Waals surface area contributed by atoms with Crippen LogP contribution in [0.2, 0.25) is 0 Å². The maximum absolute atomic E-state index is 13.1. The highest BCUT2D eigenvalue weighted by Crippen LogP contribution is 2.42.